The molecule has 4 nitrogen and oxygen atoms in total. The maximum absolute atomic E-state index is 5.93. The highest BCUT2D eigenvalue weighted by Crippen LogP contribution is 2.36. The van der Waals surface area contributed by atoms with Gasteiger partial charge in [0.1, 0.15) is 0 Å². The van der Waals surface area contributed by atoms with Gasteiger partial charge in [-0.25, -0.2) is 0 Å². The number of hydrogen-bond donors (Lipinski definition) is 1. The second-order valence-corrected chi connectivity index (χ2v) is 4.06. The first-order valence-corrected chi connectivity index (χ1v) is 6.38. The molecular weight excluding hydrogens is 228 g/mol. The molecule has 0 aliphatic rings. The summed E-state index contributed by atoms with van der Waals surface area (Å²) in [6, 6.07) is 6.09. The molecule has 0 saturated heterocycles. The Balaban J connectivity index is 3.19. The molecule has 0 amide bonds. The van der Waals surface area contributed by atoms with Crippen LogP contribution in [0.4, 0.5) is 0 Å². The minimum atomic E-state index is 0.157. The highest BCUT2D eigenvalue weighted by atomic mass is 16.5. The first-order valence-electron chi connectivity index (χ1n) is 6.38. The van der Waals surface area contributed by atoms with Crippen LogP contribution in [0.5, 0.6) is 11.5 Å². The van der Waals surface area contributed by atoms with Crippen LogP contribution in [0.25, 0.3) is 0 Å². The van der Waals surface area contributed by atoms with Gasteiger partial charge < -0.3 is 15.2 Å². The smallest absolute Gasteiger partial charge is 0.165 e. The summed E-state index contributed by atoms with van der Waals surface area (Å²) < 4.78 is 10.8. The predicted molar refractivity (Wildman–Crippen MR) is 74.3 cm³/mol. The van der Waals surface area contributed by atoms with Crippen molar-refractivity contribution in [2.75, 3.05) is 33.9 Å². The number of nitrogens with zero attached hydrogens (tertiary/aromatic N) is 1. The number of benzene rings is 1. The summed E-state index contributed by atoms with van der Waals surface area (Å²) in [5.74, 6) is 1.53. The van der Waals surface area contributed by atoms with E-state index in [0.29, 0.717) is 6.54 Å². The predicted octanol–water partition coefficient (Wildman–Crippen LogP) is 2.05. The molecule has 4 heteroatoms. The van der Waals surface area contributed by atoms with Gasteiger partial charge in [-0.2, -0.15) is 0 Å². The quantitative estimate of drug-likeness (QED) is 0.807. The van der Waals surface area contributed by atoms with Gasteiger partial charge in [0.15, 0.2) is 11.5 Å². The zero-order chi connectivity index (χ0) is 13.5. The Hall–Kier alpha value is -1.26. The molecule has 0 bridgehead atoms. The van der Waals surface area contributed by atoms with Crippen LogP contribution in [0.1, 0.15) is 25.5 Å². The van der Waals surface area contributed by atoms with Gasteiger partial charge in [0.05, 0.1) is 20.3 Å². The third kappa shape index (κ3) is 2.94. The number of rotatable bonds is 7. The van der Waals surface area contributed by atoms with Gasteiger partial charge in [0.2, 0.25) is 0 Å². The molecular formula is C14H24N2O2. The summed E-state index contributed by atoms with van der Waals surface area (Å²) in [4.78, 5) is 2.32. The molecule has 0 saturated carbocycles. The van der Waals surface area contributed by atoms with Crippen LogP contribution in [0.2, 0.25) is 0 Å². The Morgan fingerprint density at radius 2 is 1.83 bits per heavy atom. The minimum Gasteiger partial charge on any atom is -0.493 e. The molecule has 1 aromatic carbocycles. The van der Waals surface area contributed by atoms with Crippen molar-refractivity contribution in [1.29, 1.82) is 0 Å². The summed E-state index contributed by atoms with van der Waals surface area (Å²) in [5.41, 5.74) is 7.02. The first-order chi connectivity index (χ1) is 8.73. The molecule has 0 aliphatic carbocycles. The van der Waals surface area contributed by atoms with Gasteiger partial charge in [0.25, 0.3) is 0 Å². The maximum atomic E-state index is 5.93. The third-order valence-electron chi connectivity index (χ3n) is 3.27. The van der Waals surface area contributed by atoms with Gasteiger partial charge in [-0.05, 0) is 19.2 Å². The van der Waals surface area contributed by atoms with Crippen molar-refractivity contribution in [2.45, 2.75) is 19.9 Å². The number of likely N-dealkylation sites (N-methyl/N-ethyl adjacent to an activating group) is 1. The summed E-state index contributed by atoms with van der Waals surface area (Å²) in [5, 5.41) is 0. The molecule has 1 atom stereocenters. The lowest BCUT2D eigenvalue weighted by atomic mass is 10.0. The van der Waals surface area contributed by atoms with E-state index in [9.17, 15) is 0 Å². The van der Waals surface area contributed by atoms with Crippen molar-refractivity contribution in [3.63, 3.8) is 0 Å². The maximum Gasteiger partial charge on any atom is 0.165 e. The van der Waals surface area contributed by atoms with E-state index in [-0.39, 0.29) is 6.04 Å². The number of methoxy groups -OCH3 is 2. The van der Waals surface area contributed by atoms with E-state index in [1.54, 1.807) is 14.2 Å². The second-order valence-electron chi connectivity index (χ2n) is 4.06. The summed E-state index contributed by atoms with van der Waals surface area (Å²) >= 11 is 0. The van der Waals surface area contributed by atoms with Crippen molar-refractivity contribution in [1.82, 2.24) is 4.90 Å². The SMILES string of the molecule is CCN(CC)C(CN)c1cccc(OC)c1OC. The second kappa shape index (κ2) is 7.24. The normalized spacial score (nSPS) is 12.6. The van der Waals surface area contributed by atoms with E-state index in [2.05, 4.69) is 24.8 Å². The fourth-order valence-corrected chi connectivity index (χ4v) is 2.31. The zero-order valence-corrected chi connectivity index (χ0v) is 11.8. The van der Waals surface area contributed by atoms with E-state index in [1.807, 2.05) is 12.1 Å². The van der Waals surface area contributed by atoms with E-state index in [0.717, 1.165) is 30.2 Å². The topological polar surface area (TPSA) is 47.7 Å². The van der Waals surface area contributed by atoms with Gasteiger partial charge in [-0.15, -0.1) is 0 Å². The molecule has 0 radical (unpaired) electrons. The Labute approximate surface area is 110 Å². The molecule has 0 spiro atoms. The van der Waals surface area contributed by atoms with Crippen molar-refractivity contribution >= 4 is 0 Å². The van der Waals surface area contributed by atoms with Crippen molar-refractivity contribution in [3.05, 3.63) is 23.8 Å². The fraction of sp³-hybridized carbons (Fsp3) is 0.571. The van der Waals surface area contributed by atoms with E-state index in [4.69, 9.17) is 15.2 Å². The summed E-state index contributed by atoms with van der Waals surface area (Å²) in [6.07, 6.45) is 0. The van der Waals surface area contributed by atoms with Gasteiger partial charge in [-0.3, -0.25) is 4.90 Å². The number of ether oxygens (including phenoxy) is 2. The molecule has 1 unspecified atom stereocenters. The molecule has 0 heterocycles. The van der Waals surface area contributed by atoms with Crippen LogP contribution in [-0.2, 0) is 0 Å². The molecule has 2 N–H and O–H groups in total. The lowest BCUT2D eigenvalue weighted by Gasteiger charge is -2.30. The van der Waals surface area contributed by atoms with Crippen LogP contribution < -0.4 is 15.2 Å². The van der Waals surface area contributed by atoms with Crippen molar-refractivity contribution < 1.29 is 9.47 Å². The van der Waals surface area contributed by atoms with Crippen molar-refractivity contribution in [2.24, 2.45) is 5.73 Å². The Morgan fingerprint density at radius 1 is 1.17 bits per heavy atom. The largest absolute Gasteiger partial charge is 0.493 e. The van der Waals surface area contributed by atoms with E-state index in [1.165, 1.54) is 0 Å². The van der Waals surface area contributed by atoms with E-state index < -0.39 is 0 Å². The molecule has 1 aromatic rings. The standard InChI is InChI=1S/C14H24N2O2/c1-5-16(6-2)12(10-15)11-8-7-9-13(17-3)14(11)18-4/h7-9,12H,5-6,10,15H2,1-4H3. The van der Waals surface area contributed by atoms with Crippen LogP contribution in [0, 0.1) is 0 Å². The summed E-state index contributed by atoms with van der Waals surface area (Å²) in [6.45, 7) is 6.75. The fourth-order valence-electron chi connectivity index (χ4n) is 2.31. The van der Waals surface area contributed by atoms with Gasteiger partial charge in [0, 0.05) is 12.1 Å². The Bertz CT molecular complexity index is 365. The average molecular weight is 252 g/mol. The number of nitrogens with two attached hydrogens (primary N) is 1. The van der Waals surface area contributed by atoms with Crippen LogP contribution >= 0.6 is 0 Å². The first kappa shape index (κ1) is 14.8. The van der Waals surface area contributed by atoms with E-state index >= 15 is 0 Å². The molecule has 1 rings (SSSR count). The van der Waals surface area contributed by atoms with Crippen LogP contribution in [0.3, 0.4) is 0 Å². The highest BCUT2D eigenvalue weighted by Gasteiger charge is 2.22. The Kier molecular flexibility index (Phi) is 5.95. The molecule has 18 heavy (non-hydrogen) atoms. The number of para-hydroxylation sites is 1. The average Bonchev–Trinajstić information content (AvgIpc) is 2.43. The van der Waals surface area contributed by atoms with Gasteiger partial charge in [-0.1, -0.05) is 26.0 Å². The zero-order valence-electron chi connectivity index (χ0n) is 11.8. The van der Waals surface area contributed by atoms with Crippen LogP contribution in [0.15, 0.2) is 18.2 Å². The van der Waals surface area contributed by atoms with Crippen LogP contribution in [-0.4, -0.2) is 38.8 Å². The third-order valence-corrected chi connectivity index (χ3v) is 3.27. The molecule has 0 fully saturated rings. The van der Waals surface area contributed by atoms with Gasteiger partial charge >= 0.3 is 0 Å². The minimum absolute atomic E-state index is 0.157. The summed E-state index contributed by atoms with van der Waals surface area (Å²) in [7, 11) is 3.31. The Morgan fingerprint density at radius 3 is 2.28 bits per heavy atom. The lowest BCUT2D eigenvalue weighted by molar-refractivity contribution is 0.218. The molecule has 0 aromatic heterocycles. The monoisotopic (exact) mass is 252 g/mol. The molecule has 0 aliphatic heterocycles. The van der Waals surface area contributed by atoms with Crippen molar-refractivity contribution in [3.8, 4) is 11.5 Å². The molecule has 102 valence electrons. The number of hydrogen-bond acceptors (Lipinski definition) is 4. The highest BCUT2D eigenvalue weighted by molar-refractivity contribution is 5.48. The lowest BCUT2D eigenvalue weighted by Crippen LogP contribution is -2.33.